The van der Waals surface area contributed by atoms with Crippen LogP contribution in [0.5, 0.6) is 0 Å². The molecule has 0 aliphatic rings. The van der Waals surface area contributed by atoms with Crippen LogP contribution in [0.3, 0.4) is 0 Å². The molecule has 0 spiro atoms. The average Bonchev–Trinajstić information content (AvgIpc) is 2.80. The highest BCUT2D eigenvalue weighted by Gasteiger charge is 2.30. The fourth-order valence-electron chi connectivity index (χ4n) is 4.30. The summed E-state index contributed by atoms with van der Waals surface area (Å²) in [4.78, 5) is 0. The molecule has 5 rings (SSSR count). The summed E-state index contributed by atoms with van der Waals surface area (Å²) in [6, 6.07) is 6.32. The van der Waals surface area contributed by atoms with Crippen LogP contribution in [0.15, 0.2) is 54.6 Å². The Hall–Kier alpha value is -4.01. The third-order valence-corrected chi connectivity index (χ3v) is 5.70. The predicted molar refractivity (Wildman–Crippen MR) is 112 cm³/mol. The lowest BCUT2D eigenvalue weighted by molar-refractivity contribution is 0.458. The lowest BCUT2D eigenvalue weighted by Crippen LogP contribution is -2.03. The van der Waals surface area contributed by atoms with E-state index in [1.807, 2.05) is 0 Å². The molecular formula is C26H9F9. The van der Waals surface area contributed by atoms with Gasteiger partial charge in [-0.25, -0.2) is 39.5 Å². The van der Waals surface area contributed by atoms with Gasteiger partial charge >= 0.3 is 0 Å². The molecule has 0 fully saturated rings. The fourth-order valence-corrected chi connectivity index (χ4v) is 4.30. The standard InChI is InChI=1S/C26H9F9/c27-10-4-5-11(16(31)8-10)19-12-2-1-3-13(28)20(12)23(22-15(30)7-6-14(29)21(19)22)24-25(34)17(32)9-18(33)26(24)35/h1-9H. The van der Waals surface area contributed by atoms with Gasteiger partial charge in [-0.05, 0) is 35.7 Å². The number of rotatable bonds is 2. The van der Waals surface area contributed by atoms with Crippen molar-refractivity contribution in [2.24, 2.45) is 0 Å². The Morgan fingerprint density at radius 3 is 1.57 bits per heavy atom. The van der Waals surface area contributed by atoms with Crippen molar-refractivity contribution in [3.8, 4) is 22.3 Å². The van der Waals surface area contributed by atoms with E-state index in [2.05, 4.69) is 0 Å². The van der Waals surface area contributed by atoms with Gasteiger partial charge in [0.2, 0.25) is 0 Å². The third-order valence-electron chi connectivity index (χ3n) is 5.70. The Bertz CT molecular complexity index is 1660. The Labute approximate surface area is 190 Å². The van der Waals surface area contributed by atoms with Crippen molar-refractivity contribution in [2.75, 3.05) is 0 Å². The van der Waals surface area contributed by atoms with Crippen LogP contribution < -0.4 is 0 Å². The first-order chi connectivity index (χ1) is 16.6. The van der Waals surface area contributed by atoms with Gasteiger partial charge in [-0.1, -0.05) is 12.1 Å². The molecule has 0 saturated heterocycles. The minimum Gasteiger partial charge on any atom is -0.207 e. The summed E-state index contributed by atoms with van der Waals surface area (Å²) in [5.41, 5.74) is -3.41. The zero-order valence-corrected chi connectivity index (χ0v) is 17.1. The summed E-state index contributed by atoms with van der Waals surface area (Å²) in [7, 11) is 0. The molecule has 0 nitrogen and oxygen atoms in total. The molecule has 0 atom stereocenters. The lowest BCUT2D eigenvalue weighted by Gasteiger charge is -2.20. The van der Waals surface area contributed by atoms with Crippen molar-refractivity contribution in [1.82, 2.24) is 0 Å². The first-order valence-corrected chi connectivity index (χ1v) is 9.92. The Balaban J connectivity index is 2.16. The van der Waals surface area contributed by atoms with E-state index in [1.165, 1.54) is 0 Å². The van der Waals surface area contributed by atoms with Crippen LogP contribution in [0.25, 0.3) is 43.8 Å². The second-order valence-corrected chi connectivity index (χ2v) is 7.66. The number of hydrogen-bond donors (Lipinski definition) is 0. The maximum Gasteiger partial charge on any atom is 0.169 e. The lowest BCUT2D eigenvalue weighted by atomic mass is 9.84. The maximum atomic E-state index is 15.2. The molecule has 0 aliphatic heterocycles. The Morgan fingerprint density at radius 2 is 0.971 bits per heavy atom. The largest absolute Gasteiger partial charge is 0.207 e. The van der Waals surface area contributed by atoms with Crippen molar-refractivity contribution < 1.29 is 39.5 Å². The van der Waals surface area contributed by atoms with Gasteiger partial charge in [0.25, 0.3) is 0 Å². The van der Waals surface area contributed by atoms with Crippen LogP contribution in [0.1, 0.15) is 0 Å². The molecule has 9 heteroatoms. The number of benzene rings is 5. The molecule has 0 unspecified atom stereocenters. The van der Waals surface area contributed by atoms with Crippen LogP contribution in [0, 0.1) is 52.4 Å². The molecule has 0 saturated carbocycles. The quantitative estimate of drug-likeness (QED) is 0.132. The minimum absolute atomic E-state index is 0.0892. The van der Waals surface area contributed by atoms with Crippen molar-refractivity contribution in [2.45, 2.75) is 0 Å². The molecule has 176 valence electrons. The van der Waals surface area contributed by atoms with Crippen LogP contribution in [0.4, 0.5) is 39.5 Å². The highest BCUT2D eigenvalue weighted by molar-refractivity contribution is 6.22. The van der Waals surface area contributed by atoms with Gasteiger partial charge in [-0.15, -0.1) is 0 Å². The van der Waals surface area contributed by atoms with E-state index in [0.29, 0.717) is 18.2 Å². The highest BCUT2D eigenvalue weighted by atomic mass is 19.2. The predicted octanol–water partition coefficient (Wildman–Crippen LogP) is 8.58. The van der Waals surface area contributed by atoms with Crippen molar-refractivity contribution >= 4 is 21.5 Å². The molecule has 0 aromatic heterocycles. The highest BCUT2D eigenvalue weighted by Crippen LogP contribution is 2.48. The molecule has 0 amide bonds. The zero-order chi connectivity index (χ0) is 25.2. The fraction of sp³-hybridized carbons (Fsp3) is 0. The first kappa shape index (κ1) is 22.8. The summed E-state index contributed by atoms with van der Waals surface area (Å²) in [5, 5.41) is -2.84. The molecule has 0 aliphatic carbocycles. The van der Waals surface area contributed by atoms with Crippen molar-refractivity contribution in [3.05, 3.63) is 107 Å². The average molecular weight is 492 g/mol. The monoisotopic (exact) mass is 492 g/mol. The molecule has 5 aromatic rings. The Morgan fingerprint density at radius 1 is 0.400 bits per heavy atom. The van der Waals surface area contributed by atoms with Gasteiger partial charge in [0.15, 0.2) is 23.3 Å². The Kier molecular flexibility index (Phi) is 5.23. The van der Waals surface area contributed by atoms with E-state index in [4.69, 9.17) is 0 Å². The van der Waals surface area contributed by atoms with Gasteiger partial charge in [-0.2, -0.15) is 0 Å². The summed E-state index contributed by atoms with van der Waals surface area (Å²) in [6.07, 6.45) is 0. The first-order valence-electron chi connectivity index (χ1n) is 9.92. The van der Waals surface area contributed by atoms with E-state index >= 15 is 13.2 Å². The molecule has 0 N–H and O–H groups in total. The number of hydrogen-bond acceptors (Lipinski definition) is 0. The van der Waals surface area contributed by atoms with E-state index < -0.39 is 90.8 Å². The second kappa shape index (κ2) is 8.04. The maximum absolute atomic E-state index is 15.2. The molecule has 35 heavy (non-hydrogen) atoms. The van der Waals surface area contributed by atoms with Gasteiger partial charge in [0.05, 0.1) is 5.56 Å². The van der Waals surface area contributed by atoms with Crippen molar-refractivity contribution in [3.63, 3.8) is 0 Å². The second-order valence-electron chi connectivity index (χ2n) is 7.66. The molecule has 0 heterocycles. The van der Waals surface area contributed by atoms with Gasteiger partial charge in [0, 0.05) is 45.0 Å². The molecular weight excluding hydrogens is 483 g/mol. The van der Waals surface area contributed by atoms with Crippen molar-refractivity contribution in [1.29, 1.82) is 0 Å². The summed E-state index contributed by atoms with van der Waals surface area (Å²) in [5.74, 6) is -13.7. The smallest absolute Gasteiger partial charge is 0.169 e. The van der Waals surface area contributed by atoms with E-state index in [9.17, 15) is 26.3 Å². The summed E-state index contributed by atoms with van der Waals surface area (Å²) < 4.78 is 132. The molecule has 0 radical (unpaired) electrons. The summed E-state index contributed by atoms with van der Waals surface area (Å²) >= 11 is 0. The zero-order valence-electron chi connectivity index (χ0n) is 17.1. The van der Waals surface area contributed by atoms with Crippen LogP contribution in [-0.4, -0.2) is 0 Å². The van der Waals surface area contributed by atoms with Crippen LogP contribution in [-0.2, 0) is 0 Å². The topological polar surface area (TPSA) is 0 Å². The SMILES string of the molecule is Fc1ccc(-c2c3cccc(F)c3c(-c3c(F)c(F)cc(F)c3F)c3c(F)ccc(F)c23)c(F)c1. The van der Waals surface area contributed by atoms with Crippen LogP contribution in [0.2, 0.25) is 0 Å². The van der Waals surface area contributed by atoms with E-state index in [-0.39, 0.29) is 11.5 Å². The number of halogens is 9. The van der Waals surface area contributed by atoms with E-state index in [0.717, 1.165) is 30.3 Å². The molecule has 5 aromatic carbocycles. The van der Waals surface area contributed by atoms with Gasteiger partial charge in [-0.3, -0.25) is 0 Å². The molecule has 0 bridgehead atoms. The van der Waals surface area contributed by atoms with Gasteiger partial charge < -0.3 is 0 Å². The third kappa shape index (κ3) is 3.33. The minimum atomic E-state index is -1.97. The normalized spacial score (nSPS) is 11.6. The number of fused-ring (bicyclic) bond motifs is 2. The van der Waals surface area contributed by atoms with E-state index in [1.54, 1.807) is 0 Å². The summed E-state index contributed by atoms with van der Waals surface area (Å²) in [6.45, 7) is 0. The van der Waals surface area contributed by atoms with Gasteiger partial charge in [0.1, 0.15) is 29.1 Å². The van der Waals surface area contributed by atoms with Crippen LogP contribution >= 0.6 is 0 Å².